The number of aromatic nitrogens is 2. The van der Waals surface area contributed by atoms with Crippen molar-refractivity contribution in [3.63, 3.8) is 0 Å². The van der Waals surface area contributed by atoms with Crippen LogP contribution >= 0.6 is 0 Å². The number of rotatable bonds is 2. The summed E-state index contributed by atoms with van der Waals surface area (Å²) in [6.45, 7) is 0.0480. The zero-order valence-electron chi connectivity index (χ0n) is 12.1. The molecule has 24 heavy (non-hydrogen) atoms. The number of nitrogens with zero attached hydrogens (tertiary/aromatic N) is 2. The Balaban J connectivity index is 2.46. The third-order valence-electron chi connectivity index (χ3n) is 3.99. The molecule has 3 rings (SSSR count). The number of carboxylic acids is 1. The number of carbonyl (C=O) groups is 1. The summed E-state index contributed by atoms with van der Waals surface area (Å²) >= 11 is 0. The molecule has 0 amide bonds. The van der Waals surface area contributed by atoms with Crippen LogP contribution in [0, 0.1) is 5.95 Å². The Morgan fingerprint density at radius 2 is 2.08 bits per heavy atom. The van der Waals surface area contributed by atoms with Gasteiger partial charge in [0.1, 0.15) is 0 Å². The minimum Gasteiger partial charge on any atom is -0.478 e. The third-order valence-corrected chi connectivity index (χ3v) is 3.99. The number of aromatic carboxylic acids is 1. The van der Waals surface area contributed by atoms with Crippen molar-refractivity contribution >= 4 is 5.97 Å². The summed E-state index contributed by atoms with van der Waals surface area (Å²) < 4.78 is 55.9. The monoisotopic (exact) mass is 344 g/mol. The van der Waals surface area contributed by atoms with E-state index in [1.165, 1.54) is 6.07 Å². The number of fused-ring (bicyclic) bond motifs is 1. The maximum Gasteiger partial charge on any atom is 0.419 e. The molecular weight excluding hydrogens is 332 g/mol. The Labute approximate surface area is 133 Å². The molecule has 0 aliphatic carbocycles. The van der Waals surface area contributed by atoms with Crippen LogP contribution in [0.25, 0.3) is 11.3 Å². The maximum absolute atomic E-state index is 14.0. The summed E-state index contributed by atoms with van der Waals surface area (Å²) in [5.74, 6) is -2.96. The van der Waals surface area contributed by atoms with E-state index in [9.17, 15) is 32.6 Å². The van der Waals surface area contributed by atoms with E-state index >= 15 is 0 Å². The third kappa shape index (κ3) is 2.44. The minimum absolute atomic E-state index is 0.0480. The van der Waals surface area contributed by atoms with E-state index in [-0.39, 0.29) is 18.7 Å². The van der Waals surface area contributed by atoms with Gasteiger partial charge in [-0.25, -0.2) is 9.78 Å². The molecule has 2 aromatic heterocycles. The van der Waals surface area contributed by atoms with Crippen LogP contribution in [0.15, 0.2) is 18.3 Å². The predicted molar refractivity (Wildman–Crippen MR) is 73.8 cm³/mol. The first-order chi connectivity index (χ1) is 11.2. The van der Waals surface area contributed by atoms with E-state index in [4.69, 9.17) is 0 Å². The summed E-state index contributed by atoms with van der Waals surface area (Å²) in [5.41, 5.74) is -3.91. The fourth-order valence-corrected chi connectivity index (χ4v) is 3.13. The summed E-state index contributed by atoms with van der Waals surface area (Å²) in [4.78, 5) is 14.8. The van der Waals surface area contributed by atoms with Gasteiger partial charge in [0.05, 0.1) is 34.2 Å². The standard InChI is InChI=1S/C15H12F4N2O3/c16-13-7(3-1-5-20-13)11-10(15(17,18)19)9(14(23)24)12-8(22)4-2-6-21(11)12/h1,3,5,8,22H,2,4,6H2,(H,23,24). The molecule has 1 aliphatic heterocycles. The molecule has 1 aliphatic rings. The zero-order chi connectivity index (χ0) is 17.6. The number of hydrogen-bond donors (Lipinski definition) is 2. The maximum atomic E-state index is 14.0. The Bertz CT molecular complexity index is 814. The van der Waals surface area contributed by atoms with Crippen LogP contribution in [0.3, 0.4) is 0 Å². The van der Waals surface area contributed by atoms with E-state index < -0.39 is 46.6 Å². The molecule has 1 unspecified atom stereocenters. The van der Waals surface area contributed by atoms with Crippen molar-refractivity contribution in [2.24, 2.45) is 0 Å². The SMILES string of the molecule is O=C(O)c1c(C(F)(F)F)c(-c2cccnc2F)n2c1C(O)CCC2. The van der Waals surface area contributed by atoms with Gasteiger partial charge >= 0.3 is 12.1 Å². The van der Waals surface area contributed by atoms with Gasteiger partial charge in [-0.15, -0.1) is 0 Å². The highest BCUT2D eigenvalue weighted by atomic mass is 19.4. The van der Waals surface area contributed by atoms with E-state index in [0.29, 0.717) is 6.42 Å². The number of alkyl halides is 3. The lowest BCUT2D eigenvalue weighted by molar-refractivity contribution is -0.137. The van der Waals surface area contributed by atoms with Gasteiger partial charge in [-0.2, -0.15) is 17.6 Å². The highest BCUT2D eigenvalue weighted by Crippen LogP contribution is 2.46. The number of aliphatic hydroxyl groups excluding tert-OH is 1. The summed E-state index contributed by atoms with van der Waals surface area (Å²) in [5, 5.41) is 19.3. The van der Waals surface area contributed by atoms with Crippen LogP contribution < -0.4 is 0 Å². The molecule has 0 bridgehead atoms. The number of pyridine rings is 1. The summed E-state index contributed by atoms with van der Waals surface area (Å²) in [7, 11) is 0. The second kappa shape index (κ2) is 5.59. The van der Waals surface area contributed by atoms with Crippen LogP contribution in [-0.4, -0.2) is 25.7 Å². The molecule has 2 aromatic rings. The fourth-order valence-electron chi connectivity index (χ4n) is 3.13. The van der Waals surface area contributed by atoms with E-state index in [1.807, 2.05) is 0 Å². The van der Waals surface area contributed by atoms with Gasteiger partial charge in [-0.3, -0.25) is 0 Å². The number of halogens is 4. The zero-order valence-corrected chi connectivity index (χ0v) is 12.1. The first-order valence-electron chi connectivity index (χ1n) is 7.09. The summed E-state index contributed by atoms with van der Waals surface area (Å²) in [6, 6.07) is 2.37. The lowest BCUT2D eigenvalue weighted by Gasteiger charge is -2.23. The Hall–Kier alpha value is -2.42. The molecule has 2 N–H and O–H groups in total. The molecule has 128 valence electrons. The number of aliphatic hydroxyl groups is 1. The smallest absolute Gasteiger partial charge is 0.419 e. The van der Waals surface area contributed by atoms with Crippen molar-refractivity contribution in [2.75, 3.05) is 0 Å². The largest absolute Gasteiger partial charge is 0.478 e. The predicted octanol–water partition coefficient (Wildman–Crippen LogP) is 3.23. The average Bonchev–Trinajstić information content (AvgIpc) is 2.84. The molecule has 0 fully saturated rings. The fraction of sp³-hybridized carbons (Fsp3) is 0.333. The molecule has 0 spiro atoms. The van der Waals surface area contributed by atoms with Crippen molar-refractivity contribution in [2.45, 2.75) is 31.7 Å². The van der Waals surface area contributed by atoms with E-state index in [0.717, 1.165) is 16.8 Å². The van der Waals surface area contributed by atoms with Crippen LogP contribution in [0.1, 0.15) is 40.6 Å². The van der Waals surface area contributed by atoms with Gasteiger partial charge in [-0.05, 0) is 25.0 Å². The van der Waals surface area contributed by atoms with Gasteiger partial charge in [0.2, 0.25) is 5.95 Å². The van der Waals surface area contributed by atoms with Crippen molar-refractivity contribution in [3.8, 4) is 11.3 Å². The summed E-state index contributed by atoms with van der Waals surface area (Å²) in [6.07, 6.45) is -4.83. The van der Waals surface area contributed by atoms with Gasteiger partial charge in [-0.1, -0.05) is 0 Å². The molecule has 3 heterocycles. The molecule has 0 radical (unpaired) electrons. The first kappa shape index (κ1) is 16.4. The Kier molecular flexibility index (Phi) is 3.83. The van der Waals surface area contributed by atoms with Gasteiger partial charge in [0.25, 0.3) is 0 Å². The van der Waals surface area contributed by atoms with Gasteiger partial charge < -0.3 is 14.8 Å². The van der Waals surface area contributed by atoms with Crippen LogP contribution in [0.5, 0.6) is 0 Å². The average molecular weight is 344 g/mol. The van der Waals surface area contributed by atoms with Crippen molar-refractivity contribution in [3.05, 3.63) is 41.1 Å². The molecule has 0 saturated heterocycles. The van der Waals surface area contributed by atoms with Crippen LogP contribution in [-0.2, 0) is 12.7 Å². The highest BCUT2D eigenvalue weighted by molar-refractivity contribution is 5.94. The van der Waals surface area contributed by atoms with Crippen molar-refractivity contribution in [1.29, 1.82) is 0 Å². The normalized spacial score (nSPS) is 17.6. The number of hydrogen-bond acceptors (Lipinski definition) is 3. The second-order valence-corrected chi connectivity index (χ2v) is 5.44. The van der Waals surface area contributed by atoms with Gasteiger partial charge in [0.15, 0.2) is 0 Å². The lowest BCUT2D eigenvalue weighted by Crippen LogP contribution is -2.18. The van der Waals surface area contributed by atoms with Gasteiger partial charge in [0, 0.05) is 12.7 Å². The molecular formula is C15H12F4N2O3. The van der Waals surface area contributed by atoms with Crippen LogP contribution in [0.4, 0.5) is 17.6 Å². The topological polar surface area (TPSA) is 75.3 Å². The van der Waals surface area contributed by atoms with E-state index in [1.54, 1.807) is 0 Å². The molecule has 0 saturated carbocycles. The minimum atomic E-state index is -5.03. The molecule has 0 aromatic carbocycles. The second-order valence-electron chi connectivity index (χ2n) is 5.44. The van der Waals surface area contributed by atoms with E-state index in [2.05, 4.69) is 4.98 Å². The van der Waals surface area contributed by atoms with Crippen LogP contribution in [0.2, 0.25) is 0 Å². The lowest BCUT2D eigenvalue weighted by atomic mass is 10.0. The van der Waals surface area contributed by atoms with Crippen molar-refractivity contribution in [1.82, 2.24) is 9.55 Å². The van der Waals surface area contributed by atoms with Crippen molar-refractivity contribution < 1.29 is 32.6 Å². The Morgan fingerprint density at radius 1 is 1.38 bits per heavy atom. The number of carboxylic acid groups (broad SMARTS) is 1. The molecule has 5 nitrogen and oxygen atoms in total. The molecule has 9 heteroatoms. The molecule has 1 atom stereocenters. The quantitative estimate of drug-likeness (QED) is 0.648. The highest BCUT2D eigenvalue weighted by Gasteiger charge is 2.45. The Morgan fingerprint density at radius 3 is 2.67 bits per heavy atom. The first-order valence-corrected chi connectivity index (χ1v) is 7.09.